The van der Waals surface area contributed by atoms with Crippen LogP contribution in [0.3, 0.4) is 0 Å². The summed E-state index contributed by atoms with van der Waals surface area (Å²) in [5.41, 5.74) is 0. The molecule has 0 aromatic carbocycles. The van der Waals surface area contributed by atoms with Crippen LogP contribution < -0.4 is 0 Å². The standard InChI is InChI=1S/C12H22F3O/c1-2-3-4-5-6-7-8-10-16-11-9-12(13,14)15/h9H,2-8,10-11H2,1H3. The molecule has 16 heavy (non-hydrogen) atoms. The summed E-state index contributed by atoms with van der Waals surface area (Å²) in [6, 6.07) is 0. The predicted molar refractivity (Wildman–Crippen MR) is 59.2 cm³/mol. The van der Waals surface area contributed by atoms with Crippen molar-refractivity contribution in [1.82, 2.24) is 0 Å². The maximum absolute atomic E-state index is 11.7. The fraction of sp³-hybridized carbons (Fsp3) is 0.917. The van der Waals surface area contributed by atoms with Crippen LogP contribution in [0.1, 0.15) is 51.9 Å². The summed E-state index contributed by atoms with van der Waals surface area (Å²) in [6.45, 7) is 2.28. The number of unbranched alkanes of at least 4 members (excludes halogenated alkanes) is 6. The van der Waals surface area contributed by atoms with E-state index in [0.717, 1.165) is 19.3 Å². The minimum absolute atomic E-state index is 0.244. The zero-order valence-electron chi connectivity index (χ0n) is 9.98. The van der Waals surface area contributed by atoms with Gasteiger partial charge in [0.1, 0.15) is 0 Å². The minimum Gasteiger partial charge on any atom is -0.381 e. The van der Waals surface area contributed by atoms with Crippen molar-refractivity contribution < 1.29 is 17.9 Å². The second-order valence-corrected chi connectivity index (χ2v) is 3.94. The molecule has 97 valence electrons. The van der Waals surface area contributed by atoms with Crippen molar-refractivity contribution in [3.8, 4) is 0 Å². The third kappa shape index (κ3) is 13.8. The second-order valence-electron chi connectivity index (χ2n) is 3.94. The van der Waals surface area contributed by atoms with Gasteiger partial charge in [-0.15, -0.1) is 0 Å². The molecular weight excluding hydrogens is 217 g/mol. The SMILES string of the molecule is CCCCCCCCCOC[CH]C(F)(F)F. The van der Waals surface area contributed by atoms with Crippen LogP contribution in [0, 0.1) is 6.42 Å². The summed E-state index contributed by atoms with van der Waals surface area (Å²) >= 11 is 0. The van der Waals surface area contributed by atoms with Crippen molar-refractivity contribution in [2.24, 2.45) is 0 Å². The van der Waals surface area contributed by atoms with Gasteiger partial charge in [0.2, 0.25) is 0 Å². The number of halogens is 3. The first-order valence-corrected chi connectivity index (χ1v) is 6.05. The van der Waals surface area contributed by atoms with Gasteiger partial charge < -0.3 is 4.74 Å². The molecule has 0 aliphatic carbocycles. The number of rotatable bonds is 10. The fourth-order valence-corrected chi connectivity index (χ4v) is 1.40. The number of hydrogen-bond acceptors (Lipinski definition) is 1. The Morgan fingerprint density at radius 3 is 2.06 bits per heavy atom. The van der Waals surface area contributed by atoms with Crippen molar-refractivity contribution >= 4 is 0 Å². The number of ether oxygens (including phenoxy) is 1. The largest absolute Gasteiger partial charge is 0.394 e. The molecule has 0 bridgehead atoms. The first-order valence-electron chi connectivity index (χ1n) is 6.05. The smallest absolute Gasteiger partial charge is 0.381 e. The average molecular weight is 239 g/mol. The Balaban J connectivity index is 2.99. The lowest BCUT2D eigenvalue weighted by atomic mass is 10.1. The van der Waals surface area contributed by atoms with Gasteiger partial charge in [0.05, 0.1) is 13.0 Å². The predicted octanol–water partition coefficient (Wildman–Crippen LogP) is 4.52. The van der Waals surface area contributed by atoms with E-state index in [0.29, 0.717) is 6.61 Å². The van der Waals surface area contributed by atoms with Crippen LogP contribution in [0.4, 0.5) is 13.2 Å². The van der Waals surface area contributed by atoms with Crippen molar-refractivity contribution in [3.63, 3.8) is 0 Å². The molecule has 0 unspecified atom stereocenters. The van der Waals surface area contributed by atoms with Gasteiger partial charge in [-0.25, -0.2) is 0 Å². The second kappa shape index (κ2) is 9.94. The molecule has 0 fully saturated rings. The first kappa shape index (κ1) is 15.8. The third-order valence-electron chi connectivity index (χ3n) is 2.32. The summed E-state index contributed by atoms with van der Waals surface area (Å²) in [7, 11) is 0. The molecule has 0 aliphatic rings. The summed E-state index contributed by atoms with van der Waals surface area (Å²) in [5.74, 6) is 0. The lowest BCUT2D eigenvalue weighted by molar-refractivity contribution is -0.105. The van der Waals surface area contributed by atoms with Gasteiger partial charge in [0.25, 0.3) is 0 Å². The third-order valence-corrected chi connectivity index (χ3v) is 2.32. The van der Waals surface area contributed by atoms with Gasteiger partial charge >= 0.3 is 6.18 Å². The molecule has 0 aromatic heterocycles. The highest BCUT2D eigenvalue weighted by Gasteiger charge is 2.26. The Morgan fingerprint density at radius 2 is 1.50 bits per heavy atom. The fourth-order valence-electron chi connectivity index (χ4n) is 1.40. The molecule has 0 spiro atoms. The number of hydrogen-bond donors (Lipinski definition) is 0. The quantitative estimate of drug-likeness (QED) is 0.509. The maximum atomic E-state index is 11.7. The van der Waals surface area contributed by atoms with Crippen molar-refractivity contribution in [2.75, 3.05) is 13.2 Å². The van der Waals surface area contributed by atoms with Gasteiger partial charge in [0, 0.05) is 6.61 Å². The Hall–Kier alpha value is -0.250. The molecule has 0 saturated heterocycles. The maximum Gasteiger partial charge on any atom is 0.394 e. The lowest BCUT2D eigenvalue weighted by Gasteiger charge is -2.06. The zero-order chi connectivity index (χ0) is 12.3. The van der Waals surface area contributed by atoms with E-state index in [9.17, 15) is 13.2 Å². The van der Waals surface area contributed by atoms with Crippen molar-refractivity contribution in [2.45, 2.75) is 58.0 Å². The molecule has 4 heteroatoms. The van der Waals surface area contributed by atoms with Crippen LogP contribution in [0.25, 0.3) is 0 Å². The highest BCUT2D eigenvalue weighted by Crippen LogP contribution is 2.18. The van der Waals surface area contributed by atoms with Crippen LogP contribution in [0.5, 0.6) is 0 Å². The number of alkyl halides is 3. The van der Waals surface area contributed by atoms with Crippen LogP contribution in [-0.2, 0) is 4.74 Å². The summed E-state index contributed by atoms with van der Waals surface area (Å²) < 4.78 is 39.9. The van der Waals surface area contributed by atoms with E-state index in [1.807, 2.05) is 0 Å². The normalized spacial score (nSPS) is 12.0. The van der Waals surface area contributed by atoms with E-state index in [2.05, 4.69) is 6.92 Å². The molecule has 0 saturated carbocycles. The van der Waals surface area contributed by atoms with E-state index in [1.165, 1.54) is 25.7 Å². The van der Waals surface area contributed by atoms with Crippen molar-refractivity contribution in [1.29, 1.82) is 0 Å². The Morgan fingerprint density at radius 1 is 0.938 bits per heavy atom. The van der Waals surface area contributed by atoms with Gasteiger partial charge in [-0.05, 0) is 6.42 Å². The molecule has 1 radical (unpaired) electrons. The molecule has 0 atom stereocenters. The van der Waals surface area contributed by atoms with E-state index in [4.69, 9.17) is 4.74 Å². The molecule has 1 nitrogen and oxygen atoms in total. The van der Waals surface area contributed by atoms with Crippen LogP contribution in [-0.4, -0.2) is 19.4 Å². The molecule has 0 heterocycles. The van der Waals surface area contributed by atoms with Crippen LogP contribution in [0.2, 0.25) is 0 Å². The minimum atomic E-state index is -4.21. The highest BCUT2D eigenvalue weighted by molar-refractivity contribution is 4.72. The Labute approximate surface area is 96.4 Å². The Kier molecular flexibility index (Phi) is 9.78. The molecule has 0 amide bonds. The lowest BCUT2D eigenvalue weighted by Crippen LogP contribution is -2.13. The molecular formula is C12H22F3O. The van der Waals surface area contributed by atoms with Gasteiger partial charge in [0.15, 0.2) is 0 Å². The summed E-state index contributed by atoms with van der Waals surface area (Å²) in [6.07, 6.45) is 4.10. The van der Waals surface area contributed by atoms with E-state index < -0.39 is 6.18 Å². The van der Waals surface area contributed by atoms with E-state index in [1.54, 1.807) is 0 Å². The zero-order valence-corrected chi connectivity index (χ0v) is 9.98. The van der Waals surface area contributed by atoms with E-state index >= 15 is 0 Å². The Bertz CT molecular complexity index is 146. The van der Waals surface area contributed by atoms with E-state index in [-0.39, 0.29) is 13.0 Å². The topological polar surface area (TPSA) is 9.23 Å². The van der Waals surface area contributed by atoms with Gasteiger partial charge in [-0.3, -0.25) is 0 Å². The molecule has 0 rings (SSSR count). The van der Waals surface area contributed by atoms with Gasteiger partial charge in [-0.2, -0.15) is 13.2 Å². The molecule has 0 aromatic rings. The van der Waals surface area contributed by atoms with Crippen LogP contribution >= 0.6 is 0 Å². The highest BCUT2D eigenvalue weighted by atomic mass is 19.4. The monoisotopic (exact) mass is 239 g/mol. The summed E-state index contributed by atoms with van der Waals surface area (Å²) in [4.78, 5) is 0. The summed E-state index contributed by atoms with van der Waals surface area (Å²) in [5, 5.41) is 0. The average Bonchev–Trinajstić information content (AvgIpc) is 2.19. The molecule has 0 aliphatic heterocycles. The molecule has 0 N–H and O–H groups in total. The first-order chi connectivity index (χ1) is 7.56. The van der Waals surface area contributed by atoms with Crippen molar-refractivity contribution in [3.05, 3.63) is 6.42 Å². The van der Waals surface area contributed by atoms with Gasteiger partial charge in [-0.1, -0.05) is 45.4 Å². The van der Waals surface area contributed by atoms with Crippen LogP contribution in [0.15, 0.2) is 0 Å².